The van der Waals surface area contributed by atoms with Gasteiger partial charge in [0.2, 0.25) is 0 Å². The number of methoxy groups -OCH3 is 1. The highest BCUT2D eigenvalue weighted by Gasteiger charge is 2.06. The summed E-state index contributed by atoms with van der Waals surface area (Å²) in [5, 5.41) is 0. The molecule has 4 heteroatoms. The topological polar surface area (TPSA) is 51.4 Å². The minimum atomic E-state index is 0.163. The maximum Gasteiger partial charge on any atom is 0.0705 e. The van der Waals surface area contributed by atoms with Crippen LogP contribution in [-0.2, 0) is 11.3 Å². The highest BCUT2D eigenvalue weighted by Crippen LogP contribution is 2.03. The molecule has 2 N–H and O–H groups in total. The largest absolute Gasteiger partial charge is 0.380 e. The van der Waals surface area contributed by atoms with Crippen LogP contribution < -0.4 is 5.73 Å². The SMILES string of the molecule is COC(CN)CCN(C)Cc1cccnc1. The van der Waals surface area contributed by atoms with E-state index >= 15 is 0 Å². The highest BCUT2D eigenvalue weighted by molar-refractivity contribution is 5.07. The number of ether oxygens (including phenoxy) is 1. The van der Waals surface area contributed by atoms with Gasteiger partial charge in [0.05, 0.1) is 6.10 Å². The van der Waals surface area contributed by atoms with E-state index in [9.17, 15) is 0 Å². The van der Waals surface area contributed by atoms with E-state index in [1.165, 1.54) is 5.56 Å². The van der Waals surface area contributed by atoms with Gasteiger partial charge in [-0.1, -0.05) is 6.07 Å². The van der Waals surface area contributed by atoms with Gasteiger partial charge in [0.25, 0.3) is 0 Å². The van der Waals surface area contributed by atoms with Crippen molar-refractivity contribution in [3.05, 3.63) is 30.1 Å². The lowest BCUT2D eigenvalue weighted by molar-refractivity contribution is 0.0919. The van der Waals surface area contributed by atoms with Gasteiger partial charge in [0, 0.05) is 39.1 Å². The summed E-state index contributed by atoms with van der Waals surface area (Å²) >= 11 is 0. The smallest absolute Gasteiger partial charge is 0.0705 e. The summed E-state index contributed by atoms with van der Waals surface area (Å²) in [7, 11) is 3.80. The van der Waals surface area contributed by atoms with Gasteiger partial charge < -0.3 is 15.4 Å². The molecule has 0 bridgehead atoms. The average Bonchev–Trinajstić information content (AvgIpc) is 2.31. The molecule has 16 heavy (non-hydrogen) atoms. The summed E-state index contributed by atoms with van der Waals surface area (Å²) < 4.78 is 5.24. The first kappa shape index (κ1) is 13.1. The second-order valence-corrected chi connectivity index (χ2v) is 3.98. The molecule has 0 fully saturated rings. The molecule has 0 amide bonds. The molecule has 1 atom stereocenters. The molecular formula is C12H21N3O. The molecule has 0 aromatic carbocycles. The maximum atomic E-state index is 5.57. The first-order valence-electron chi connectivity index (χ1n) is 5.56. The van der Waals surface area contributed by atoms with E-state index < -0.39 is 0 Å². The Kier molecular flexibility index (Phi) is 6.00. The molecular weight excluding hydrogens is 202 g/mol. The van der Waals surface area contributed by atoms with Crippen LogP contribution in [0.1, 0.15) is 12.0 Å². The van der Waals surface area contributed by atoms with Gasteiger partial charge in [-0.15, -0.1) is 0 Å². The fourth-order valence-corrected chi connectivity index (χ4v) is 1.58. The molecule has 1 rings (SSSR count). The van der Waals surface area contributed by atoms with Crippen LogP contribution in [0.15, 0.2) is 24.5 Å². The lowest BCUT2D eigenvalue weighted by Crippen LogP contribution is -2.28. The fraction of sp³-hybridized carbons (Fsp3) is 0.583. The third-order valence-electron chi connectivity index (χ3n) is 2.60. The molecule has 90 valence electrons. The Morgan fingerprint density at radius 1 is 1.56 bits per heavy atom. The molecule has 0 radical (unpaired) electrons. The van der Waals surface area contributed by atoms with E-state index in [4.69, 9.17) is 10.5 Å². The van der Waals surface area contributed by atoms with E-state index in [-0.39, 0.29) is 6.10 Å². The van der Waals surface area contributed by atoms with Crippen LogP contribution in [-0.4, -0.2) is 43.2 Å². The Morgan fingerprint density at radius 2 is 2.38 bits per heavy atom. The Hall–Kier alpha value is -0.970. The van der Waals surface area contributed by atoms with Crippen LogP contribution >= 0.6 is 0 Å². The van der Waals surface area contributed by atoms with Crippen LogP contribution in [0.4, 0.5) is 0 Å². The van der Waals surface area contributed by atoms with E-state index in [2.05, 4.69) is 23.0 Å². The summed E-state index contributed by atoms with van der Waals surface area (Å²) in [6, 6.07) is 4.04. The minimum Gasteiger partial charge on any atom is -0.380 e. The van der Waals surface area contributed by atoms with Gasteiger partial charge in [0.1, 0.15) is 0 Å². The molecule has 0 spiro atoms. The number of pyridine rings is 1. The minimum absolute atomic E-state index is 0.163. The number of nitrogens with two attached hydrogens (primary N) is 1. The third-order valence-corrected chi connectivity index (χ3v) is 2.60. The molecule has 1 aromatic rings. The van der Waals surface area contributed by atoms with E-state index in [0.717, 1.165) is 19.5 Å². The summed E-state index contributed by atoms with van der Waals surface area (Å²) in [6.07, 6.45) is 4.81. The zero-order valence-electron chi connectivity index (χ0n) is 10.1. The molecule has 4 nitrogen and oxygen atoms in total. The summed E-state index contributed by atoms with van der Waals surface area (Å²) in [4.78, 5) is 6.34. The zero-order chi connectivity index (χ0) is 11.8. The number of hydrogen-bond donors (Lipinski definition) is 1. The van der Waals surface area contributed by atoms with E-state index in [0.29, 0.717) is 6.54 Å². The maximum absolute atomic E-state index is 5.57. The molecule has 0 saturated carbocycles. The molecule has 0 aliphatic heterocycles. The lowest BCUT2D eigenvalue weighted by atomic mass is 10.2. The Morgan fingerprint density at radius 3 is 2.94 bits per heavy atom. The van der Waals surface area contributed by atoms with Gasteiger partial charge in [-0.25, -0.2) is 0 Å². The molecule has 1 aromatic heterocycles. The van der Waals surface area contributed by atoms with Crippen LogP contribution in [0.5, 0.6) is 0 Å². The predicted molar refractivity (Wildman–Crippen MR) is 65.0 cm³/mol. The van der Waals surface area contributed by atoms with Crippen LogP contribution in [0.2, 0.25) is 0 Å². The quantitative estimate of drug-likeness (QED) is 0.745. The third kappa shape index (κ3) is 4.70. The summed E-state index contributed by atoms with van der Waals surface area (Å²) in [6.45, 7) is 2.47. The van der Waals surface area contributed by atoms with Gasteiger partial charge in [-0.2, -0.15) is 0 Å². The first-order valence-corrected chi connectivity index (χ1v) is 5.56. The molecule has 0 saturated heterocycles. The van der Waals surface area contributed by atoms with Crippen LogP contribution in [0.3, 0.4) is 0 Å². The number of rotatable bonds is 7. The van der Waals surface area contributed by atoms with Crippen molar-refractivity contribution >= 4 is 0 Å². The van der Waals surface area contributed by atoms with Crippen molar-refractivity contribution in [1.82, 2.24) is 9.88 Å². The molecule has 0 aliphatic carbocycles. The predicted octanol–water partition coefficient (Wildman–Crippen LogP) is 0.877. The second-order valence-electron chi connectivity index (χ2n) is 3.98. The Labute approximate surface area is 97.4 Å². The van der Waals surface area contributed by atoms with Crippen LogP contribution in [0.25, 0.3) is 0 Å². The monoisotopic (exact) mass is 223 g/mol. The highest BCUT2D eigenvalue weighted by atomic mass is 16.5. The summed E-state index contributed by atoms with van der Waals surface area (Å²) in [5.41, 5.74) is 6.80. The van der Waals surface area contributed by atoms with Crippen molar-refractivity contribution in [3.63, 3.8) is 0 Å². The lowest BCUT2D eigenvalue weighted by Gasteiger charge is -2.19. The first-order chi connectivity index (χ1) is 7.76. The number of nitrogens with zero attached hydrogens (tertiary/aromatic N) is 2. The van der Waals surface area contributed by atoms with E-state index in [1.807, 2.05) is 12.3 Å². The van der Waals surface area contributed by atoms with Crippen molar-refractivity contribution < 1.29 is 4.74 Å². The van der Waals surface area contributed by atoms with Gasteiger partial charge in [0.15, 0.2) is 0 Å². The van der Waals surface area contributed by atoms with E-state index in [1.54, 1.807) is 13.3 Å². The van der Waals surface area contributed by atoms with Crippen molar-refractivity contribution in [2.75, 3.05) is 27.2 Å². The molecule has 1 heterocycles. The molecule has 0 aliphatic rings. The second kappa shape index (κ2) is 7.33. The Balaban J connectivity index is 2.28. The van der Waals surface area contributed by atoms with Crippen molar-refractivity contribution in [1.29, 1.82) is 0 Å². The Bertz CT molecular complexity index is 275. The van der Waals surface area contributed by atoms with Crippen molar-refractivity contribution in [2.45, 2.75) is 19.1 Å². The zero-order valence-corrected chi connectivity index (χ0v) is 10.1. The summed E-state index contributed by atoms with van der Waals surface area (Å²) in [5.74, 6) is 0. The molecule has 1 unspecified atom stereocenters. The standard InChI is InChI=1S/C12H21N3O/c1-15(7-5-12(8-13)16-2)10-11-4-3-6-14-9-11/h3-4,6,9,12H,5,7-8,10,13H2,1-2H3. The van der Waals surface area contributed by atoms with Crippen molar-refractivity contribution in [3.8, 4) is 0 Å². The normalized spacial score (nSPS) is 13.0. The van der Waals surface area contributed by atoms with Gasteiger partial charge in [-0.05, 0) is 25.1 Å². The van der Waals surface area contributed by atoms with Gasteiger partial charge in [-0.3, -0.25) is 4.98 Å². The average molecular weight is 223 g/mol. The number of hydrogen-bond acceptors (Lipinski definition) is 4. The fourth-order valence-electron chi connectivity index (χ4n) is 1.58. The van der Waals surface area contributed by atoms with Crippen LogP contribution in [0, 0.1) is 0 Å². The van der Waals surface area contributed by atoms with Crippen molar-refractivity contribution in [2.24, 2.45) is 5.73 Å². The number of aromatic nitrogens is 1. The van der Waals surface area contributed by atoms with Gasteiger partial charge >= 0.3 is 0 Å².